The minimum atomic E-state index is 0.416. The first kappa shape index (κ1) is 14.7. The number of benzene rings is 1. The van der Waals surface area contributed by atoms with Gasteiger partial charge in [-0.15, -0.1) is 0 Å². The van der Waals surface area contributed by atoms with Gasteiger partial charge in [-0.2, -0.15) is 0 Å². The molecule has 0 aliphatic heterocycles. The fourth-order valence-electron chi connectivity index (χ4n) is 1.75. The molecule has 0 aromatic heterocycles. The van der Waals surface area contributed by atoms with Gasteiger partial charge in [0.1, 0.15) is 0 Å². The van der Waals surface area contributed by atoms with Gasteiger partial charge >= 0.3 is 0 Å². The molecule has 17 heavy (non-hydrogen) atoms. The zero-order valence-corrected chi connectivity index (χ0v) is 13.0. The Balaban J connectivity index is 2.74. The Labute approximate surface area is 119 Å². The second-order valence-electron chi connectivity index (χ2n) is 4.37. The van der Waals surface area contributed by atoms with Crippen LogP contribution in [0.25, 0.3) is 0 Å². The summed E-state index contributed by atoms with van der Waals surface area (Å²) >= 11 is 2.34. The number of rotatable bonds is 7. The van der Waals surface area contributed by atoms with Crippen molar-refractivity contribution < 1.29 is 0 Å². The van der Waals surface area contributed by atoms with Crippen LogP contribution in [0.1, 0.15) is 44.7 Å². The van der Waals surface area contributed by atoms with E-state index in [1.54, 1.807) is 0 Å². The smallest absolute Gasteiger partial charge is 0.0357 e. The van der Waals surface area contributed by atoms with E-state index in [0.717, 1.165) is 19.4 Å². The lowest BCUT2D eigenvalue weighted by molar-refractivity contribution is 0.523. The van der Waals surface area contributed by atoms with Crippen molar-refractivity contribution in [2.24, 2.45) is 0 Å². The number of hydrogen-bond donors (Lipinski definition) is 1. The summed E-state index contributed by atoms with van der Waals surface area (Å²) in [5.41, 5.74) is 2.69. The summed E-state index contributed by atoms with van der Waals surface area (Å²) in [5.74, 6) is 0. The van der Waals surface area contributed by atoms with Crippen molar-refractivity contribution in [3.8, 4) is 0 Å². The van der Waals surface area contributed by atoms with Crippen LogP contribution in [0.5, 0.6) is 0 Å². The average molecular weight is 343 g/mol. The van der Waals surface area contributed by atoms with Crippen LogP contribution in [0.15, 0.2) is 36.4 Å². The third-order valence-electron chi connectivity index (χ3n) is 2.91. The molecule has 0 saturated carbocycles. The van der Waals surface area contributed by atoms with E-state index >= 15 is 0 Å². The number of nitrogens with one attached hydrogen (secondary N) is 1. The Kier molecular flexibility index (Phi) is 6.82. The Bertz CT molecular complexity index is 342. The maximum atomic E-state index is 4.12. The molecule has 0 radical (unpaired) electrons. The fraction of sp³-hybridized carbons (Fsp3) is 0.467. The van der Waals surface area contributed by atoms with Crippen molar-refractivity contribution in [1.82, 2.24) is 5.32 Å². The van der Waals surface area contributed by atoms with Gasteiger partial charge in [0.2, 0.25) is 0 Å². The Morgan fingerprint density at radius 1 is 1.29 bits per heavy atom. The molecule has 0 aliphatic carbocycles. The van der Waals surface area contributed by atoms with E-state index < -0.39 is 0 Å². The van der Waals surface area contributed by atoms with Crippen molar-refractivity contribution in [3.63, 3.8) is 0 Å². The summed E-state index contributed by atoms with van der Waals surface area (Å²) in [6, 6.07) is 9.20. The largest absolute Gasteiger partial charge is 0.310 e. The van der Waals surface area contributed by atoms with E-state index in [4.69, 9.17) is 0 Å². The third-order valence-corrected chi connectivity index (χ3v) is 3.63. The van der Waals surface area contributed by atoms with Gasteiger partial charge in [-0.1, -0.05) is 38.1 Å². The lowest BCUT2D eigenvalue weighted by atomic mass is 9.98. The summed E-state index contributed by atoms with van der Waals surface area (Å²) in [5, 5.41) is 3.61. The summed E-state index contributed by atoms with van der Waals surface area (Å²) in [4.78, 5) is 0. The van der Waals surface area contributed by atoms with E-state index in [9.17, 15) is 0 Å². The van der Waals surface area contributed by atoms with E-state index in [2.05, 4.69) is 72.6 Å². The van der Waals surface area contributed by atoms with Crippen molar-refractivity contribution in [1.29, 1.82) is 0 Å². The monoisotopic (exact) mass is 343 g/mol. The highest BCUT2D eigenvalue weighted by Crippen LogP contribution is 2.22. The third kappa shape index (κ3) is 5.21. The van der Waals surface area contributed by atoms with Crippen LogP contribution < -0.4 is 5.32 Å². The van der Waals surface area contributed by atoms with Crippen LogP contribution in [0.3, 0.4) is 0 Å². The molecule has 0 spiro atoms. The van der Waals surface area contributed by atoms with Crippen molar-refractivity contribution in [2.45, 2.75) is 39.2 Å². The summed E-state index contributed by atoms with van der Waals surface area (Å²) in [7, 11) is 0. The van der Waals surface area contributed by atoms with E-state index in [1.165, 1.54) is 21.1 Å². The maximum absolute atomic E-state index is 4.12. The first-order valence-corrected chi connectivity index (χ1v) is 7.40. The molecule has 1 nitrogen and oxygen atoms in total. The van der Waals surface area contributed by atoms with Crippen LogP contribution in [0, 0.1) is 3.57 Å². The van der Waals surface area contributed by atoms with Crippen molar-refractivity contribution in [2.75, 3.05) is 6.54 Å². The maximum Gasteiger partial charge on any atom is 0.0357 e. The van der Waals surface area contributed by atoms with Crippen molar-refractivity contribution >= 4 is 22.6 Å². The summed E-state index contributed by atoms with van der Waals surface area (Å²) in [6.45, 7) is 9.56. The molecular formula is C15H22IN. The van der Waals surface area contributed by atoms with E-state index in [-0.39, 0.29) is 0 Å². The molecule has 0 bridgehead atoms. The van der Waals surface area contributed by atoms with Gasteiger partial charge in [-0.3, -0.25) is 0 Å². The van der Waals surface area contributed by atoms with Gasteiger partial charge in [0.25, 0.3) is 0 Å². The second-order valence-corrected chi connectivity index (χ2v) is 5.61. The van der Waals surface area contributed by atoms with Crippen LogP contribution in [0.2, 0.25) is 0 Å². The molecule has 0 aliphatic rings. The molecule has 1 atom stereocenters. The summed E-state index contributed by atoms with van der Waals surface area (Å²) < 4.78 is 1.29. The predicted octanol–water partition coefficient (Wildman–Crippen LogP) is 4.69. The van der Waals surface area contributed by atoms with Crippen molar-refractivity contribution in [3.05, 3.63) is 45.6 Å². The van der Waals surface area contributed by atoms with E-state index in [0.29, 0.717) is 6.04 Å². The quantitative estimate of drug-likeness (QED) is 0.560. The predicted molar refractivity (Wildman–Crippen MR) is 84.2 cm³/mol. The topological polar surface area (TPSA) is 12.0 Å². The van der Waals surface area contributed by atoms with Gasteiger partial charge in [0.05, 0.1) is 0 Å². The van der Waals surface area contributed by atoms with Crippen LogP contribution in [-0.4, -0.2) is 6.54 Å². The minimum Gasteiger partial charge on any atom is -0.310 e. The molecule has 1 aromatic rings. The number of hydrogen-bond acceptors (Lipinski definition) is 1. The lowest BCUT2D eigenvalue weighted by Gasteiger charge is -2.20. The molecule has 0 amide bonds. The number of halogens is 1. The first-order valence-electron chi connectivity index (χ1n) is 6.32. The molecule has 1 N–H and O–H groups in total. The molecule has 1 rings (SSSR count). The van der Waals surface area contributed by atoms with E-state index in [1.807, 2.05) is 0 Å². The lowest BCUT2D eigenvalue weighted by Crippen LogP contribution is -2.22. The van der Waals surface area contributed by atoms with Crippen LogP contribution >= 0.6 is 22.6 Å². The van der Waals surface area contributed by atoms with Gasteiger partial charge in [0.15, 0.2) is 0 Å². The summed E-state index contributed by atoms with van der Waals surface area (Å²) in [6.07, 6.45) is 3.27. The van der Waals surface area contributed by atoms with Gasteiger partial charge in [0, 0.05) is 9.61 Å². The fourth-order valence-corrected chi connectivity index (χ4v) is 2.11. The highest BCUT2D eigenvalue weighted by Gasteiger charge is 2.11. The minimum absolute atomic E-state index is 0.416. The Morgan fingerprint density at radius 2 is 1.94 bits per heavy atom. The van der Waals surface area contributed by atoms with Crippen LogP contribution in [-0.2, 0) is 0 Å². The molecule has 1 unspecified atom stereocenters. The van der Waals surface area contributed by atoms with Crippen LogP contribution in [0.4, 0.5) is 0 Å². The highest BCUT2D eigenvalue weighted by molar-refractivity contribution is 14.1. The molecule has 1 aromatic carbocycles. The zero-order valence-electron chi connectivity index (χ0n) is 10.8. The molecule has 0 fully saturated rings. The average Bonchev–Trinajstić information content (AvgIpc) is 2.35. The first-order chi connectivity index (χ1) is 8.17. The molecule has 2 heteroatoms. The second kappa shape index (κ2) is 7.88. The van der Waals surface area contributed by atoms with Gasteiger partial charge < -0.3 is 5.32 Å². The Morgan fingerprint density at radius 3 is 2.47 bits per heavy atom. The Hall–Kier alpha value is -0.350. The van der Waals surface area contributed by atoms with Gasteiger partial charge in [-0.25, -0.2) is 0 Å². The zero-order chi connectivity index (χ0) is 12.7. The van der Waals surface area contributed by atoms with Gasteiger partial charge in [-0.05, 0) is 66.1 Å². The highest BCUT2D eigenvalue weighted by atomic mass is 127. The normalized spacial score (nSPS) is 12.4. The molecule has 0 saturated heterocycles. The molecular weight excluding hydrogens is 321 g/mol. The molecule has 0 heterocycles. The SMILES string of the molecule is C=C(CC)CC(NCCC)c1ccc(I)cc1. The molecule has 94 valence electrons. The standard InChI is InChI=1S/C15H22IN/c1-4-10-17-15(11-12(3)5-2)13-6-8-14(16)9-7-13/h6-9,15,17H,3-5,10-11H2,1-2H3.